The number of hydrogen-bond acceptors (Lipinski definition) is 3. The second kappa shape index (κ2) is 9.19. The summed E-state index contributed by atoms with van der Waals surface area (Å²) in [5.41, 5.74) is 1.37. The van der Waals surface area contributed by atoms with Crippen LogP contribution in [0.2, 0.25) is 0 Å². The first-order valence-electron chi connectivity index (χ1n) is 9.20. The Morgan fingerprint density at radius 3 is 2.67 bits per heavy atom. The van der Waals surface area contributed by atoms with Gasteiger partial charge < -0.3 is 10.2 Å². The molecule has 4 nitrogen and oxygen atoms in total. The van der Waals surface area contributed by atoms with Crippen LogP contribution < -0.4 is 5.32 Å². The second-order valence-electron chi connectivity index (χ2n) is 7.43. The molecule has 1 aromatic carbocycles. The van der Waals surface area contributed by atoms with Crippen LogP contribution in [0.3, 0.4) is 0 Å². The van der Waals surface area contributed by atoms with Crippen LogP contribution in [0.4, 0.5) is 0 Å². The van der Waals surface area contributed by atoms with E-state index in [4.69, 9.17) is 0 Å². The maximum absolute atomic E-state index is 12.1. The SMILES string of the molecule is CC1CN(C(C)c2ccccc2)CCC1NC(=O)CCCN(C)C. The van der Waals surface area contributed by atoms with Gasteiger partial charge in [0.05, 0.1) is 0 Å². The van der Waals surface area contributed by atoms with Crippen molar-refractivity contribution in [3.63, 3.8) is 0 Å². The van der Waals surface area contributed by atoms with Crippen LogP contribution in [0.5, 0.6) is 0 Å². The van der Waals surface area contributed by atoms with Crippen molar-refractivity contribution in [2.24, 2.45) is 5.92 Å². The average molecular weight is 332 g/mol. The Bertz CT molecular complexity index is 503. The minimum Gasteiger partial charge on any atom is -0.353 e. The van der Waals surface area contributed by atoms with E-state index in [1.807, 2.05) is 14.1 Å². The van der Waals surface area contributed by atoms with E-state index >= 15 is 0 Å². The monoisotopic (exact) mass is 331 g/mol. The zero-order valence-electron chi connectivity index (χ0n) is 15.7. The summed E-state index contributed by atoms with van der Waals surface area (Å²) in [6.45, 7) is 7.59. The molecular weight excluding hydrogens is 298 g/mol. The Hall–Kier alpha value is -1.39. The molecule has 0 aliphatic carbocycles. The molecular formula is C20H33N3O. The number of carbonyl (C=O) groups excluding carboxylic acids is 1. The van der Waals surface area contributed by atoms with Crippen LogP contribution in [-0.4, -0.2) is 55.5 Å². The van der Waals surface area contributed by atoms with Gasteiger partial charge >= 0.3 is 0 Å². The maximum atomic E-state index is 12.1. The smallest absolute Gasteiger partial charge is 0.220 e. The minimum absolute atomic E-state index is 0.207. The Kier molecular flexibility index (Phi) is 7.25. The van der Waals surface area contributed by atoms with Crippen molar-refractivity contribution in [2.45, 2.75) is 45.2 Å². The number of piperidine rings is 1. The molecule has 1 aliphatic heterocycles. The second-order valence-corrected chi connectivity index (χ2v) is 7.43. The molecule has 3 atom stereocenters. The molecule has 1 amide bonds. The van der Waals surface area contributed by atoms with Crippen molar-refractivity contribution < 1.29 is 4.79 Å². The van der Waals surface area contributed by atoms with E-state index in [0.29, 0.717) is 24.4 Å². The van der Waals surface area contributed by atoms with Gasteiger partial charge in [0.25, 0.3) is 0 Å². The Labute approximate surface area is 147 Å². The quantitative estimate of drug-likeness (QED) is 0.834. The molecule has 0 radical (unpaired) electrons. The van der Waals surface area contributed by atoms with Crippen LogP contribution in [0.15, 0.2) is 30.3 Å². The van der Waals surface area contributed by atoms with Gasteiger partial charge in [-0.1, -0.05) is 37.3 Å². The van der Waals surface area contributed by atoms with Crippen LogP contribution in [0.1, 0.15) is 44.7 Å². The molecule has 24 heavy (non-hydrogen) atoms. The molecule has 4 heteroatoms. The van der Waals surface area contributed by atoms with Gasteiger partial charge in [0.1, 0.15) is 0 Å². The maximum Gasteiger partial charge on any atom is 0.220 e. The highest BCUT2D eigenvalue weighted by Crippen LogP contribution is 2.26. The molecule has 1 N–H and O–H groups in total. The predicted octanol–water partition coefficient (Wildman–Crippen LogP) is 2.92. The average Bonchev–Trinajstić information content (AvgIpc) is 2.56. The van der Waals surface area contributed by atoms with Crippen LogP contribution in [0.25, 0.3) is 0 Å². The first-order chi connectivity index (χ1) is 11.5. The predicted molar refractivity (Wildman–Crippen MR) is 99.9 cm³/mol. The number of hydrogen-bond donors (Lipinski definition) is 1. The molecule has 0 spiro atoms. The molecule has 0 saturated carbocycles. The topological polar surface area (TPSA) is 35.6 Å². The van der Waals surface area contributed by atoms with Crippen LogP contribution in [0, 0.1) is 5.92 Å². The fourth-order valence-electron chi connectivity index (χ4n) is 3.52. The lowest BCUT2D eigenvalue weighted by Crippen LogP contribution is -2.50. The van der Waals surface area contributed by atoms with E-state index in [-0.39, 0.29) is 5.91 Å². The summed E-state index contributed by atoms with van der Waals surface area (Å²) in [7, 11) is 4.09. The van der Waals surface area contributed by atoms with Crippen molar-refractivity contribution in [1.82, 2.24) is 15.1 Å². The first kappa shape index (κ1) is 18.9. The van der Waals surface area contributed by atoms with Gasteiger partial charge in [-0.15, -0.1) is 0 Å². The highest BCUT2D eigenvalue weighted by molar-refractivity contribution is 5.76. The summed E-state index contributed by atoms with van der Waals surface area (Å²) in [5, 5.41) is 3.26. The third-order valence-electron chi connectivity index (χ3n) is 5.12. The van der Waals surface area contributed by atoms with E-state index in [0.717, 1.165) is 32.5 Å². The van der Waals surface area contributed by atoms with Gasteiger partial charge in [-0.3, -0.25) is 9.69 Å². The van der Waals surface area contributed by atoms with Gasteiger partial charge in [-0.25, -0.2) is 0 Å². The lowest BCUT2D eigenvalue weighted by atomic mass is 9.91. The number of benzene rings is 1. The lowest BCUT2D eigenvalue weighted by molar-refractivity contribution is -0.122. The van der Waals surface area contributed by atoms with Crippen molar-refractivity contribution in [2.75, 3.05) is 33.7 Å². The molecule has 0 bridgehead atoms. The van der Waals surface area contributed by atoms with Crippen LogP contribution in [-0.2, 0) is 4.79 Å². The number of carbonyl (C=O) groups is 1. The Morgan fingerprint density at radius 1 is 1.33 bits per heavy atom. The molecule has 1 aromatic rings. The lowest BCUT2D eigenvalue weighted by Gasteiger charge is -2.40. The third kappa shape index (κ3) is 5.60. The highest BCUT2D eigenvalue weighted by Gasteiger charge is 2.29. The third-order valence-corrected chi connectivity index (χ3v) is 5.12. The largest absolute Gasteiger partial charge is 0.353 e. The van der Waals surface area contributed by atoms with Crippen molar-refractivity contribution >= 4 is 5.91 Å². The van der Waals surface area contributed by atoms with E-state index in [9.17, 15) is 4.79 Å². The summed E-state index contributed by atoms with van der Waals surface area (Å²) >= 11 is 0. The number of amides is 1. The molecule has 1 fully saturated rings. The molecule has 134 valence electrons. The fourth-order valence-corrected chi connectivity index (χ4v) is 3.52. The van der Waals surface area contributed by atoms with Crippen molar-refractivity contribution in [3.8, 4) is 0 Å². The van der Waals surface area contributed by atoms with E-state index in [2.05, 4.69) is 59.3 Å². The standard InChI is InChI=1S/C20H33N3O/c1-16-15-23(17(2)18-9-6-5-7-10-18)14-12-19(16)21-20(24)11-8-13-22(3)4/h5-7,9-10,16-17,19H,8,11-15H2,1-4H3,(H,21,24). The zero-order chi connectivity index (χ0) is 17.5. The van der Waals surface area contributed by atoms with E-state index in [1.54, 1.807) is 0 Å². The summed E-state index contributed by atoms with van der Waals surface area (Å²) in [5.74, 6) is 0.695. The number of nitrogens with one attached hydrogen (secondary N) is 1. The minimum atomic E-state index is 0.207. The summed E-state index contributed by atoms with van der Waals surface area (Å²) in [6, 6.07) is 11.4. The summed E-state index contributed by atoms with van der Waals surface area (Å²) < 4.78 is 0. The van der Waals surface area contributed by atoms with Gasteiger partial charge in [0, 0.05) is 31.6 Å². The Morgan fingerprint density at radius 2 is 2.04 bits per heavy atom. The zero-order valence-corrected chi connectivity index (χ0v) is 15.7. The normalized spacial score (nSPS) is 23.2. The summed E-state index contributed by atoms with van der Waals surface area (Å²) in [6.07, 6.45) is 2.60. The molecule has 3 unspecified atom stereocenters. The van der Waals surface area contributed by atoms with Gasteiger partial charge in [0.2, 0.25) is 5.91 Å². The number of likely N-dealkylation sites (tertiary alicyclic amines) is 1. The Balaban J connectivity index is 1.79. The van der Waals surface area contributed by atoms with Crippen LogP contribution >= 0.6 is 0 Å². The first-order valence-corrected chi connectivity index (χ1v) is 9.20. The van der Waals surface area contributed by atoms with Gasteiger partial charge in [0.15, 0.2) is 0 Å². The van der Waals surface area contributed by atoms with E-state index < -0.39 is 0 Å². The molecule has 1 aliphatic rings. The van der Waals surface area contributed by atoms with Crippen molar-refractivity contribution in [1.29, 1.82) is 0 Å². The van der Waals surface area contributed by atoms with E-state index in [1.165, 1.54) is 5.56 Å². The number of nitrogens with zero attached hydrogens (tertiary/aromatic N) is 2. The summed E-state index contributed by atoms with van der Waals surface area (Å²) in [4.78, 5) is 16.8. The molecule has 1 heterocycles. The number of rotatable bonds is 7. The van der Waals surface area contributed by atoms with Gasteiger partial charge in [-0.2, -0.15) is 0 Å². The van der Waals surface area contributed by atoms with Crippen molar-refractivity contribution in [3.05, 3.63) is 35.9 Å². The highest BCUT2D eigenvalue weighted by atomic mass is 16.1. The molecule has 1 saturated heterocycles. The molecule has 2 rings (SSSR count). The van der Waals surface area contributed by atoms with Gasteiger partial charge in [-0.05, 0) is 51.9 Å². The molecule has 0 aromatic heterocycles. The fraction of sp³-hybridized carbons (Fsp3) is 0.650.